The molecule has 0 unspecified atom stereocenters. The van der Waals surface area contributed by atoms with E-state index < -0.39 is 0 Å². The van der Waals surface area contributed by atoms with Crippen LogP contribution in [0.4, 0.5) is 0 Å². The van der Waals surface area contributed by atoms with E-state index >= 15 is 0 Å². The number of hydrogen-bond acceptors (Lipinski definition) is 4. The SMILES string of the molecule is CCNC(=NCc1ccc(C)cc1OC(C)C)NCCc1c(C)noc1C. The highest BCUT2D eigenvalue weighted by atomic mass is 16.5. The highest BCUT2D eigenvalue weighted by molar-refractivity contribution is 5.79. The Kier molecular flexibility index (Phi) is 7.70. The molecule has 2 aromatic rings. The lowest BCUT2D eigenvalue weighted by Crippen LogP contribution is -2.38. The maximum absolute atomic E-state index is 5.95. The summed E-state index contributed by atoms with van der Waals surface area (Å²) < 4.78 is 11.2. The van der Waals surface area contributed by atoms with Gasteiger partial charge in [0.15, 0.2) is 5.96 Å². The molecule has 0 saturated carbocycles. The molecule has 6 nitrogen and oxygen atoms in total. The highest BCUT2D eigenvalue weighted by Gasteiger charge is 2.09. The Morgan fingerprint density at radius 2 is 2.00 bits per heavy atom. The molecule has 2 rings (SSSR count). The largest absolute Gasteiger partial charge is 0.491 e. The molecule has 1 aromatic heterocycles. The van der Waals surface area contributed by atoms with Crippen molar-refractivity contribution in [3.8, 4) is 5.75 Å². The van der Waals surface area contributed by atoms with Crippen molar-refractivity contribution >= 4 is 5.96 Å². The van der Waals surface area contributed by atoms with Gasteiger partial charge in [-0.2, -0.15) is 0 Å². The maximum Gasteiger partial charge on any atom is 0.191 e. The van der Waals surface area contributed by atoms with Gasteiger partial charge in [-0.3, -0.25) is 0 Å². The van der Waals surface area contributed by atoms with Gasteiger partial charge in [0.1, 0.15) is 11.5 Å². The lowest BCUT2D eigenvalue weighted by Gasteiger charge is -2.15. The number of nitrogens with zero attached hydrogens (tertiary/aromatic N) is 2. The Balaban J connectivity index is 2.02. The summed E-state index contributed by atoms with van der Waals surface area (Å²) in [5.74, 6) is 2.58. The van der Waals surface area contributed by atoms with E-state index in [4.69, 9.17) is 14.3 Å². The van der Waals surface area contributed by atoms with Gasteiger partial charge < -0.3 is 19.9 Å². The van der Waals surface area contributed by atoms with E-state index in [1.165, 1.54) is 5.56 Å². The van der Waals surface area contributed by atoms with Gasteiger partial charge in [0.2, 0.25) is 0 Å². The number of aromatic nitrogens is 1. The quantitative estimate of drug-likeness (QED) is 0.546. The van der Waals surface area contributed by atoms with Crippen molar-refractivity contribution in [2.75, 3.05) is 13.1 Å². The highest BCUT2D eigenvalue weighted by Crippen LogP contribution is 2.22. The van der Waals surface area contributed by atoms with Gasteiger partial charge in [-0.25, -0.2) is 4.99 Å². The van der Waals surface area contributed by atoms with Crippen molar-refractivity contribution in [1.29, 1.82) is 0 Å². The first kappa shape index (κ1) is 20.8. The molecule has 1 aromatic carbocycles. The number of guanidine groups is 1. The van der Waals surface area contributed by atoms with Crippen LogP contribution in [0.3, 0.4) is 0 Å². The second-order valence-electron chi connectivity index (χ2n) is 6.95. The van der Waals surface area contributed by atoms with Crippen molar-refractivity contribution in [2.45, 2.75) is 60.6 Å². The smallest absolute Gasteiger partial charge is 0.191 e. The van der Waals surface area contributed by atoms with Crippen LogP contribution in [-0.2, 0) is 13.0 Å². The molecular weight excluding hydrogens is 340 g/mol. The molecule has 0 spiro atoms. The summed E-state index contributed by atoms with van der Waals surface area (Å²) in [6.07, 6.45) is 0.980. The molecule has 0 aliphatic rings. The predicted octanol–water partition coefficient (Wildman–Crippen LogP) is 3.68. The second-order valence-corrected chi connectivity index (χ2v) is 6.95. The minimum Gasteiger partial charge on any atom is -0.491 e. The molecule has 0 atom stereocenters. The van der Waals surface area contributed by atoms with Gasteiger partial charge in [0, 0.05) is 24.2 Å². The first-order valence-corrected chi connectivity index (χ1v) is 9.60. The Morgan fingerprint density at radius 1 is 1.22 bits per heavy atom. The van der Waals surface area contributed by atoms with Crippen molar-refractivity contribution < 1.29 is 9.26 Å². The second kappa shape index (κ2) is 10.00. The Morgan fingerprint density at radius 3 is 2.63 bits per heavy atom. The van der Waals surface area contributed by atoms with Crippen LogP contribution in [0, 0.1) is 20.8 Å². The number of nitrogens with one attached hydrogen (secondary N) is 2. The van der Waals surface area contributed by atoms with E-state index in [1.807, 2.05) is 27.7 Å². The van der Waals surface area contributed by atoms with Gasteiger partial charge >= 0.3 is 0 Å². The molecule has 0 aliphatic carbocycles. The summed E-state index contributed by atoms with van der Waals surface area (Å²) in [5, 5.41) is 10.7. The lowest BCUT2D eigenvalue weighted by molar-refractivity contribution is 0.240. The number of ether oxygens (including phenoxy) is 1. The first-order valence-electron chi connectivity index (χ1n) is 9.60. The third-order valence-corrected chi connectivity index (χ3v) is 4.19. The monoisotopic (exact) mass is 372 g/mol. The van der Waals surface area contributed by atoms with Gasteiger partial charge in [-0.05, 0) is 59.6 Å². The fourth-order valence-electron chi connectivity index (χ4n) is 2.83. The molecule has 0 saturated heterocycles. The van der Waals surface area contributed by atoms with E-state index in [1.54, 1.807) is 0 Å². The number of rotatable bonds is 8. The van der Waals surface area contributed by atoms with Gasteiger partial charge in [0.25, 0.3) is 0 Å². The van der Waals surface area contributed by atoms with Gasteiger partial charge in [-0.15, -0.1) is 0 Å². The van der Waals surface area contributed by atoms with Gasteiger partial charge in [-0.1, -0.05) is 17.3 Å². The molecular formula is C21H32N4O2. The van der Waals surface area contributed by atoms with Crippen LogP contribution < -0.4 is 15.4 Å². The van der Waals surface area contributed by atoms with Crippen molar-refractivity contribution in [1.82, 2.24) is 15.8 Å². The molecule has 0 aliphatic heterocycles. The zero-order valence-corrected chi connectivity index (χ0v) is 17.3. The molecule has 27 heavy (non-hydrogen) atoms. The van der Waals surface area contributed by atoms with Crippen LogP contribution in [-0.4, -0.2) is 30.3 Å². The summed E-state index contributed by atoms with van der Waals surface area (Å²) in [6, 6.07) is 6.25. The average molecular weight is 373 g/mol. The number of benzene rings is 1. The van der Waals surface area contributed by atoms with Crippen LogP contribution in [0.1, 0.15) is 48.9 Å². The third-order valence-electron chi connectivity index (χ3n) is 4.19. The Bertz CT molecular complexity index is 746. The fraction of sp³-hybridized carbons (Fsp3) is 0.524. The summed E-state index contributed by atoms with van der Waals surface area (Å²) in [5.41, 5.74) is 4.37. The zero-order valence-electron chi connectivity index (χ0n) is 17.3. The fourth-order valence-corrected chi connectivity index (χ4v) is 2.83. The topological polar surface area (TPSA) is 71.7 Å². The van der Waals surface area contributed by atoms with Crippen molar-refractivity contribution in [3.63, 3.8) is 0 Å². The number of aliphatic imine (C=N–C) groups is 1. The van der Waals surface area contributed by atoms with E-state index in [9.17, 15) is 0 Å². The molecule has 148 valence electrons. The van der Waals surface area contributed by atoms with Crippen molar-refractivity contribution in [3.05, 3.63) is 46.3 Å². The number of hydrogen-bond donors (Lipinski definition) is 2. The van der Waals surface area contributed by atoms with Crippen LogP contribution >= 0.6 is 0 Å². The minimum absolute atomic E-state index is 0.135. The van der Waals surface area contributed by atoms with E-state index in [0.29, 0.717) is 6.54 Å². The summed E-state index contributed by atoms with van der Waals surface area (Å²) >= 11 is 0. The molecule has 2 N–H and O–H groups in total. The van der Waals surface area contributed by atoms with Crippen LogP contribution in [0.15, 0.2) is 27.7 Å². The molecule has 0 fully saturated rings. The summed E-state index contributed by atoms with van der Waals surface area (Å²) in [7, 11) is 0. The summed E-state index contributed by atoms with van der Waals surface area (Å²) in [4.78, 5) is 4.72. The van der Waals surface area contributed by atoms with Crippen LogP contribution in [0.5, 0.6) is 5.75 Å². The standard InChI is InChI=1S/C21H32N4O2/c1-7-22-21(23-11-10-19-16(5)25-27-17(19)6)24-13-18-9-8-15(4)12-20(18)26-14(2)3/h8-9,12,14H,7,10-11,13H2,1-6H3,(H2,22,23,24). The lowest BCUT2D eigenvalue weighted by atomic mass is 10.1. The van der Waals surface area contributed by atoms with E-state index in [-0.39, 0.29) is 6.10 Å². The zero-order chi connectivity index (χ0) is 19.8. The summed E-state index contributed by atoms with van der Waals surface area (Å²) in [6.45, 7) is 14.2. The van der Waals surface area contributed by atoms with Crippen molar-refractivity contribution in [2.24, 2.45) is 4.99 Å². The number of aryl methyl sites for hydroxylation is 3. The average Bonchev–Trinajstić information content (AvgIpc) is 2.92. The molecule has 0 amide bonds. The van der Waals surface area contributed by atoms with E-state index in [2.05, 4.69) is 47.8 Å². The van der Waals surface area contributed by atoms with Crippen LogP contribution in [0.2, 0.25) is 0 Å². The third kappa shape index (κ3) is 6.31. The Labute approximate surface area is 162 Å². The predicted molar refractivity (Wildman–Crippen MR) is 109 cm³/mol. The first-order chi connectivity index (χ1) is 12.9. The maximum atomic E-state index is 5.95. The molecule has 0 radical (unpaired) electrons. The Hall–Kier alpha value is -2.50. The minimum atomic E-state index is 0.135. The van der Waals surface area contributed by atoms with E-state index in [0.717, 1.165) is 53.8 Å². The molecule has 0 bridgehead atoms. The molecule has 6 heteroatoms. The normalized spacial score (nSPS) is 11.7. The molecule has 1 heterocycles. The van der Waals surface area contributed by atoms with Crippen LogP contribution in [0.25, 0.3) is 0 Å². The van der Waals surface area contributed by atoms with Gasteiger partial charge in [0.05, 0.1) is 18.3 Å².